The predicted octanol–water partition coefficient (Wildman–Crippen LogP) is 1.28. The van der Waals surface area contributed by atoms with Crippen LogP contribution in [0.4, 0.5) is 0 Å². The lowest BCUT2D eigenvalue weighted by Crippen LogP contribution is -1.48. The van der Waals surface area contributed by atoms with E-state index in [0.29, 0.717) is 6.42 Å². The van der Waals surface area contributed by atoms with Crippen molar-refractivity contribution in [2.75, 3.05) is 0 Å². The molecule has 0 saturated heterocycles. The second-order valence-corrected chi connectivity index (χ2v) is 0.673. The number of hydrogen-bond acceptors (Lipinski definition) is 1. The molecule has 0 fully saturated rings. The summed E-state index contributed by atoms with van der Waals surface area (Å²) in [5.41, 5.74) is 0. The molecule has 1 N–H and O–H groups in total. The zero-order chi connectivity index (χ0) is 4.12. The van der Waals surface area contributed by atoms with Crippen LogP contribution in [-0.2, 0) is 0 Å². The van der Waals surface area contributed by atoms with Crippen LogP contribution in [0.15, 0.2) is 12.3 Å². The molecule has 5 heavy (non-hydrogen) atoms. The lowest BCUT2D eigenvalue weighted by atomic mass is 10.5. The largest absolute Gasteiger partial charge is 0.516 e. The Bertz CT molecular complexity index is 30.6. The fourth-order valence-electron chi connectivity index (χ4n) is 0.0745. The van der Waals surface area contributed by atoms with Gasteiger partial charge in [-0.25, -0.2) is 0 Å². The van der Waals surface area contributed by atoms with Crippen LogP contribution in [0.1, 0.15) is 6.42 Å². The average molecular weight is 71.1 g/mol. The zero-order valence-electron chi connectivity index (χ0n) is 3.02. The minimum Gasteiger partial charge on any atom is -0.516 e. The van der Waals surface area contributed by atoms with E-state index in [2.05, 4.69) is 6.92 Å². The van der Waals surface area contributed by atoms with Crippen molar-refractivity contribution >= 4 is 0 Å². The third kappa shape index (κ3) is 3.54. The van der Waals surface area contributed by atoms with Gasteiger partial charge in [-0.05, 0) is 13.3 Å². The fourth-order valence-corrected chi connectivity index (χ4v) is 0.0745. The number of hydrogen-bond donors (Lipinski definition) is 1. The van der Waals surface area contributed by atoms with E-state index >= 15 is 0 Å². The molecule has 0 rings (SSSR count). The van der Waals surface area contributed by atoms with Crippen molar-refractivity contribution in [2.24, 2.45) is 0 Å². The van der Waals surface area contributed by atoms with Crippen LogP contribution in [-0.4, -0.2) is 5.11 Å². The van der Waals surface area contributed by atoms with Crippen LogP contribution in [0.2, 0.25) is 0 Å². The maximum Gasteiger partial charge on any atom is 0.0751 e. The Balaban J connectivity index is 2.62. The summed E-state index contributed by atoms with van der Waals surface area (Å²) in [5, 5.41) is 7.85. The summed E-state index contributed by atoms with van der Waals surface area (Å²) >= 11 is 0. The van der Waals surface area contributed by atoms with Gasteiger partial charge < -0.3 is 5.11 Å². The van der Waals surface area contributed by atoms with E-state index < -0.39 is 0 Å². The predicted molar refractivity (Wildman–Crippen MR) is 21.7 cm³/mol. The molecule has 0 aromatic heterocycles. The third-order valence-electron chi connectivity index (χ3n) is 0.272. The Labute approximate surface area is 31.9 Å². The Hall–Kier alpha value is -0.460. The quantitative estimate of drug-likeness (QED) is 0.462. The molecular weight excluding hydrogens is 64.0 g/mol. The van der Waals surface area contributed by atoms with E-state index in [1.165, 1.54) is 0 Å². The van der Waals surface area contributed by atoms with Crippen LogP contribution in [0.5, 0.6) is 0 Å². The molecule has 0 atom stereocenters. The van der Waals surface area contributed by atoms with Gasteiger partial charge >= 0.3 is 0 Å². The third-order valence-corrected chi connectivity index (χ3v) is 0.272. The molecule has 0 bridgehead atoms. The van der Waals surface area contributed by atoms with Crippen molar-refractivity contribution < 1.29 is 5.11 Å². The molecule has 0 aliphatic rings. The zero-order valence-corrected chi connectivity index (χ0v) is 3.02. The highest BCUT2D eigenvalue weighted by molar-refractivity contribution is 4.71. The van der Waals surface area contributed by atoms with Gasteiger partial charge in [-0.3, -0.25) is 0 Å². The number of rotatable bonds is 1. The smallest absolute Gasteiger partial charge is 0.0751 e. The SMILES string of the molecule is [CH2]CC=CO. The highest BCUT2D eigenvalue weighted by atomic mass is 16.2. The van der Waals surface area contributed by atoms with Gasteiger partial charge in [0.1, 0.15) is 0 Å². The molecule has 0 aromatic carbocycles. The minimum atomic E-state index is 0.663. The molecule has 0 unspecified atom stereocenters. The van der Waals surface area contributed by atoms with Crippen molar-refractivity contribution in [1.82, 2.24) is 0 Å². The first kappa shape index (κ1) is 4.54. The van der Waals surface area contributed by atoms with E-state index in [4.69, 9.17) is 5.11 Å². The van der Waals surface area contributed by atoms with Gasteiger partial charge in [-0.15, -0.1) is 0 Å². The molecule has 0 aliphatic heterocycles. The van der Waals surface area contributed by atoms with E-state index in [9.17, 15) is 0 Å². The fraction of sp³-hybridized carbons (Fsp3) is 0.250. The molecule has 29 valence electrons. The van der Waals surface area contributed by atoms with Gasteiger partial charge in [0.05, 0.1) is 6.26 Å². The maximum absolute atomic E-state index is 7.85. The summed E-state index contributed by atoms with van der Waals surface area (Å²) < 4.78 is 0. The molecule has 0 amide bonds. The van der Waals surface area contributed by atoms with E-state index in [0.717, 1.165) is 6.26 Å². The van der Waals surface area contributed by atoms with Crippen LogP contribution >= 0.6 is 0 Å². The lowest BCUT2D eigenvalue weighted by molar-refractivity contribution is 0.471. The van der Waals surface area contributed by atoms with Crippen molar-refractivity contribution in [3.63, 3.8) is 0 Å². The Morgan fingerprint density at radius 1 is 1.80 bits per heavy atom. The highest BCUT2D eigenvalue weighted by Crippen LogP contribution is 1.70. The first-order chi connectivity index (χ1) is 2.41. The van der Waals surface area contributed by atoms with Gasteiger partial charge in [-0.2, -0.15) is 0 Å². The van der Waals surface area contributed by atoms with Crippen LogP contribution in [0.3, 0.4) is 0 Å². The molecule has 0 heterocycles. The molecule has 1 radical (unpaired) electrons. The second kappa shape index (κ2) is 3.54. The number of aliphatic hydroxyl groups excluding tert-OH is 1. The first-order valence-corrected chi connectivity index (χ1v) is 1.50. The summed E-state index contributed by atoms with van der Waals surface area (Å²) in [4.78, 5) is 0. The lowest BCUT2D eigenvalue weighted by Gasteiger charge is -1.65. The minimum absolute atomic E-state index is 0.663. The average Bonchev–Trinajstić information content (AvgIpc) is 1.41. The van der Waals surface area contributed by atoms with Crippen LogP contribution < -0.4 is 0 Å². The molecule has 1 nitrogen and oxygen atoms in total. The Morgan fingerprint density at radius 3 is 2.40 bits per heavy atom. The van der Waals surface area contributed by atoms with Gasteiger partial charge in [-0.1, -0.05) is 6.08 Å². The molecule has 0 aliphatic carbocycles. The number of allylic oxidation sites excluding steroid dienone is 1. The highest BCUT2D eigenvalue weighted by Gasteiger charge is 1.54. The number of aliphatic hydroxyl groups is 1. The topological polar surface area (TPSA) is 20.2 Å². The summed E-state index contributed by atoms with van der Waals surface area (Å²) in [6, 6.07) is 0. The Kier molecular flexibility index (Phi) is 3.21. The van der Waals surface area contributed by atoms with E-state index in [-0.39, 0.29) is 0 Å². The molecule has 0 spiro atoms. The summed E-state index contributed by atoms with van der Waals surface area (Å²) in [6.07, 6.45) is 3.23. The standard InChI is InChI=1S/C4H7O/c1-2-3-4-5/h3-5H,1-2H2. The molecule has 1 heteroatoms. The Morgan fingerprint density at radius 2 is 2.40 bits per heavy atom. The summed E-state index contributed by atoms with van der Waals surface area (Å²) in [7, 11) is 0. The van der Waals surface area contributed by atoms with Crippen LogP contribution in [0, 0.1) is 6.92 Å². The molecule has 0 aromatic rings. The normalized spacial score (nSPS) is 9.80. The van der Waals surface area contributed by atoms with Crippen molar-refractivity contribution in [3.05, 3.63) is 19.3 Å². The van der Waals surface area contributed by atoms with Gasteiger partial charge in [0, 0.05) is 0 Å². The van der Waals surface area contributed by atoms with Gasteiger partial charge in [0.15, 0.2) is 0 Å². The van der Waals surface area contributed by atoms with Gasteiger partial charge in [0.2, 0.25) is 0 Å². The molecule has 0 saturated carbocycles. The monoisotopic (exact) mass is 71.0 g/mol. The van der Waals surface area contributed by atoms with Crippen molar-refractivity contribution in [2.45, 2.75) is 6.42 Å². The van der Waals surface area contributed by atoms with Gasteiger partial charge in [0.25, 0.3) is 0 Å². The molecular formula is C4H7O. The van der Waals surface area contributed by atoms with E-state index in [1.807, 2.05) is 0 Å². The van der Waals surface area contributed by atoms with Crippen molar-refractivity contribution in [3.8, 4) is 0 Å². The van der Waals surface area contributed by atoms with Crippen molar-refractivity contribution in [1.29, 1.82) is 0 Å². The van der Waals surface area contributed by atoms with Crippen LogP contribution in [0.25, 0.3) is 0 Å². The maximum atomic E-state index is 7.85. The first-order valence-electron chi connectivity index (χ1n) is 1.50. The van der Waals surface area contributed by atoms with E-state index in [1.54, 1.807) is 6.08 Å². The summed E-state index contributed by atoms with van der Waals surface area (Å²) in [5.74, 6) is 0. The summed E-state index contributed by atoms with van der Waals surface area (Å²) in [6.45, 7) is 3.43. The second-order valence-electron chi connectivity index (χ2n) is 0.673.